The molecule has 1 aliphatic rings. The van der Waals surface area contributed by atoms with E-state index in [1.54, 1.807) is 33.1 Å². The molecule has 0 aliphatic carbocycles. The number of hydrogen-bond acceptors (Lipinski definition) is 5. The van der Waals surface area contributed by atoms with Crippen molar-refractivity contribution in [3.8, 4) is 0 Å². The molecule has 29 heavy (non-hydrogen) atoms. The summed E-state index contributed by atoms with van der Waals surface area (Å²) in [5.74, 6) is 1.81. The Bertz CT molecular complexity index is 966. The van der Waals surface area contributed by atoms with Crippen LogP contribution in [0.2, 0.25) is 0 Å². The highest BCUT2D eigenvalue weighted by Crippen LogP contribution is 2.25. The van der Waals surface area contributed by atoms with E-state index in [1.165, 1.54) is 0 Å². The van der Waals surface area contributed by atoms with E-state index in [2.05, 4.69) is 4.98 Å². The average Bonchev–Trinajstić information content (AvgIpc) is 3.05. The molecule has 0 atom stereocenters. The predicted octanol–water partition coefficient (Wildman–Crippen LogP) is 2.50. The normalized spacial score (nSPS) is 15.7. The highest BCUT2D eigenvalue weighted by molar-refractivity contribution is 7.98. The van der Waals surface area contributed by atoms with Gasteiger partial charge in [-0.25, -0.2) is 13.4 Å². The zero-order chi connectivity index (χ0) is 21.0. The van der Waals surface area contributed by atoms with Gasteiger partial charge in [-0.3, -0.25) is 4.79 Å². The van der Waals surface area contributed by atoms with E-state index in [-0.39, 0.29) is 5.91 Å². The zero-order valence-electron chi connectivity index (χ0n) is 17.4. The molecule has 1 aliphatic heterocycles. The molecule has 7 nitrogen and oxygen atoms in total. The second-order valence-corrected chi connectivity index (χ2v) is 10.4. The first-order valence-corrected chi connectivity index (χ1v) is 12.9. The second-order valence-electron chi connectivity index (χ2n) is 7.51. The number of benzene rings is 1. The maximum atomic E-state index is 12.9. The minimum absolute atomic E-state index is 0.0967. The maximum absolute atomic E-state index is 12.9. The van der Waals surface area contributed by atoms with Crippen molar-refractivity contribution in [1.82, 2.24) is 18.8 Å². The standard InChI is InChI=1S/C20H30N4O3S2/c1-22(13-14-28-3)20(25)10-9-19-21-17-15-16(7-8-18(17)23(19)2)29(26,27)24-11-5-4-6-12-24/h7-8,15H,4-6,9-14H2,1-3H3. The van der Waals surface area contributed by atoms with Crippen LogP contribution in [-0.4, -0.2) is 71.8 Å². The van der Waals surface area contributed by atoms with E-state index in [0.29, 0.717) is 36.3 Å². The van der Waals surface area contributed by atoms with Gasteiger partial charge in [0.1, 0.15) is 5.82 Å². The highest BCUT2D eigenvalue weighted by Gasteiger charge is 2.26. The summed E-state index contributed by atoms with van der Waals surface area (Å²) in [6.07, 6.45) is 5.85. The van der Waals surface area contributed by atoms with Gasteiger partial charge in [0.25, 0.3) is 0 Å². The Kier molecular flexibility index (Phi) is 7.23. The third-order valence-electron chi connectivity index (χ3n) is 5.52. The number of hydrogen-bond donors (Lipinski definition) is 0. The lowest BCUT2D eigenvalue weighted by molar-refractivity contribution is -0.129. The summed E-state index contributed by atoms with van der Waals surface area (Å²) in [6.45, 7) is 1.90. The number of piperidine rings is 1. The average molecular weight is 439 g/mol. The number of thioether (sulfide) groups is 1. The summed E-state index contributed by atoms with van der Waals surface area (Å²) in [7, 11) is 0.251. The molecular weight excluding hydrogens is 408 g/mol. The molecule has 1 amide bonds. The number of carbonyl (C=O) groups is 1. The highest BCUT2D eigenvalue weighted by atomic mass is 32.2. The van der Waals surface area contributed by atoms with Crippen LogP contribution in [-0.2, 0) is 28.3 Å². The van der Waals surface area contributed by atoms with E-state index in [0.717, 1.165) is 42.9 Å². The van der Waals surface area contributed by atoms with Crippen molar-refractivity contribution >= 4 is 38.7 Å². The van der Waals surface area contributed by atoms with Crippen LogP contribution in [0.25, 0.3) is 11.0 Å². The SMILES string of the molecule is CSCCN(C)C(=O)CCc1nc2cc(S(=O)(=O)N3CCCCC3)ccc2n1C. The van der Waals surface area contributed by atoms with Gasteiger partial charge in [0, 0.05) is 52.3 Å². The number of sulfonamides is 1. The molecule has 160 valence electrons. The Morgan fingerprint density at radius 3 is 2.66 bits per heavy atom. The minimum Gasteiger partial charge on any atom is -0.345 e. The van der Waals surface area contributed by atoms with Gasteiger partial charge in [-0.2, -0.15) is 16.1 Å². The number of carbonyl (C=O) groups excluding carboxylic acids is 1. The molecule has 9 heteroatoms. The Hall–Kier alpha value is -1.58. The fourth-order valence-corrected chi connectivity index (χ4v) is 5.62. The molecule has 0 spiro atoms. The van der Waals surface area contributed by atoms with Crippen LogP contribution in [0.3, 0.4) is 0 Å². The van der Waals surface area contributed by atoms with Crippen LogP contribution in [0.15, 0.2) is 23.1 Å². The molecular formula is C20H30N4O3S2. The number of rotatable bonds is 8. The first kappa shape index (κ1) is 22.1. The second kappa shape index (κ2) is 9.49. The van der Waals surface area contributed by atoms with Gasteiger partial charge in [0.15, 0.2) is 0 Å². The van der Waals surface area contributed by atoms with Crippen molar-refractivity contribution in [3.05, 3.63) is 24.0 Å². The van der Waals surface area contributed by atoms with Gasteiger partial charge in [0.2, 0.25) is 15.9 Å². The predicted molar refractivity (Wildman–Crippen MR) is 118 cm³/mol. The van der Waals surface area contributed by atoms with Gasteiger partial charge in [-0.1, -0.05) is 6.42 Å². The van der Waals surface area contributed by atoms with Crippen molar-refractivity contribution in [2.45, 2.75) is 37.0 Å². The number of aromatic nitrogens is 2. The van der Waals surface area contributed by atoms with Gasteiger partial charge in [-0.15, -0.1) is 0 Å². The van der Waals surface area contributed by atoms with Gasteiger partial charge < -0.3 is 9.47 Å². The smallest absolute Gasteiger partial charge is 0.243 e. The van der Waals surface area contributed by atoms with Crippen LogP contribution in [0, 0.1) is 0 Å². The molecule has 1 saturated heterocycles. The maximum Gasteiger partial charge on any atom is 0.243 e. The molecule has 1 aromatic heterocycles. The summed E-state index contributed by atoms with van der Waals surface area (Å²) in [5, 5.41) is 0. The monoisotopic (exact) mass is 438 g/mol. The van der Waals surface area contributed by atoms with E-state index >= 15 is 0 Å². The minimum atomic E-state index is -3.48. The Labute approximate surface area is 177 Å². The molecule has 3 rings (SSSR count). The van der Waals surface area contributed by atoms with Gasteiger partial charge >= 0.3 is 0 Å². The molecule has 2 heterocycles. The first-order chi connectivity index (χ1) is 13.8. The zero-order valence-corrected chi connectivity index (χ0v) is 19.1. The first-order valence-electron chi connectivity index (χ1n) is 10.0. The van der Waals surface area contributed by atoms with Crippen molar-refractivity contribution in [2.24, 2.45) is 7.05 Å². The Morgan fingerprint density at radius 2 is 1.97 bits per heavy atom. The third-order valence-corrected chi connectivity index (χ3v) is 8.00. The molecule has 1 fully saturated rings. The Balaban J connectivity index is 1.76. The number of fused-ring (bicyclic) bond motifs is 1. The molecule has 1 aromatic carbocycles. The van der Waals surface area contributed by atoms with E-state index in [1.807, 2.05) is 31.0 Å². The number of aryl methyl sites for hydroxylation is 2. The van der Waals surface area contributed by atoms with Gasteiger partial charge in [-0.05, 0) is 37.3 Å². The van der Waals surface area contributed by atoms with Crippen molar-refractivity contribution in [3.63, 3.8) is 0 Å². The quantitative estimate of drug-likeness (QED) is 0.633. The number of imidazole rings is 1. The number of nitrogens with zero attached hydrogens (tertiary/aromatic N) is 4. The van der Waals surface area contributed by atoms with Crippen LogP contribution >= 0.6 is 11.8 Å². The lowest BCUT2D eigenvalue weighted by Crippen LogP contribution is -2.35. The van der Waals surface area contributed by atoms with E-state index in [9.17, 15) is 13.2 Å². The van der Waals surface area contributed by atoms with Crippen LogP contribution in [0.5, 0.6) is 0 Å². The van der Waals surface area contributed by atoms with Crippen LogP contribution < -0.4 is 0 Å². The van der Waals surface area contributed by atoms with Crippen LogP contribution in [0.4, 0.5) is 0 Å². The van der Waals surface area contributed by atoms with Crippen molar-refractivity contribution in [2.75, 3.05) is 38.7 Å². The summed E-state index contributed by atoms with van der Waals surface area (Å²) in [6, 6.07) is 5.14. The van der Waals surface area contributed by atoms with Crippen LogP contribution in [0.1, 0.15) is 31.5 Å². The van der Waals surface area contributed by atoms with E-state index in [4.69, 9.17) is 0 Å². The van der Waals surface area contributed by atoms with E-state index < -0.39 is 10.0 Å². The third kappa shape index (κ3) is 4.95. The van der Waals surface area contributed by atoms with Crippen molar-refractivity contribution in [1.29, 1.82) is 0 Å². The fourth-order valence-electron chi connectivity index (χ4n) is 3.63. The molecule has 0 unspecified atom stereocenters. The topological polar surface area (TPSA) is 75.5 Å². The lowest BCUT2D eigenvalue weighted by atomic mass is 10.2. The molecule has 2 aromatic rings. The van der Waals surface area contributed by atoms with Gasteiger partial charge in [0.05, 0.1) is 15.9 Å². The Morgan fingerprint density at radius 1 is 1.24 bits per heavy atom. The summed E-state index contributed by atoms with van der Waals surface area (Å²) < 4.78 is 29.4. The largest absolute Gasteiger partial charge is 0.345 e. The molecule has 0 radical (unpaired) electrons. The number of amides is 1. The fraction of sp³-hybridized carbons (Fsp3) is 0.600. The molecule has 0 N–H and O–H groups in total. The summed E-state index contributed by atoms with van der Waals surface area (Å²) in [5.41, 5.74) is 1.53. The summed E-state index contributed by atoms with van der Waals surface area (Å²) in [4.78, 5) is 19.0. The molecule has 0 bridgehead atoms. The van der Waals surface area contributed by atoms with Crippen molar-refractivity contribution < 1.29 is 13.2 Å². The summed E-state index contributed by atoms with van der Waals surface area (Å²) >= 11 is 1.72. The lowest BCUT2D eigenvalue weighted by Gasteiger charge is -2.25. The molecule has 0 saturated carbocycles.